The highest BCUT2D eigenvalue weighted by molar-refractivity contribution is 7.91. The van der Waals surface area contributed by atoms with E-state index < -0.39 is 11.2 Å². The molecule has 34 heavy (non-hydrogen) atoms. The van der Waals surface area contributed by atoms with Crippen LogP contribution in [0.25, 0.3) is 11.4 Å². The van der Waals surface area contributed by atoms with Gasteiger partial charge in [0.1, 0.15) is 11.4 Å². The van der Waals surface area contributed by atoms with Crippen molar-refractivity contribution in [2.45, 2.75) is 49.1 Å². The molecule has 2 aromatic heterocycles. The number of anilines is 2. The van der Waals surface area contributed by atoms with Gasteiger partial charge in [0.25, 0.3) is 0 Å². The minimum Gasteiger partial charge on any atom is -0.611 e. The van der Waals surface area contributed by atoms with Crippen LogP contribution in [0.2, 0.25) is 0 Å². The summed E-state index contributed by atoms with van der Waals surface area (Å²) in [5, 5.41) is 13.3. The molecule has 4 heterocycles. The molecule has 3 saturated carbocycles. The summed E-state index contributed by atoms with van der Waals surface area (Å²) < 4.78 is 12.7. The molecule has 5 aliphatic rings. The molecule has 2 N–H and O–H groups in total. The van der Waals surface area contributed by atoms with Gasteiger partial charge >= 0.3 is 0 Å². The first-order valence-corrected chi connectivity index (χ1v) is 13.2. The highest BCUT2D eigenvalue weighted by Gasteiger charge is 2.68. The number of rotatable bonds is 5. The molecule has 0 spiro atoms. The molecule has 3 fully saturated rings. The number of nitrogens with one attached hydrogen (secondary N) is 1. The van der Waals surface area contributed by atoms with E-state index >= 15 is 0 Å². The molecule has 0 radical (unpaired) electrons. The van der Waals surface area contributed by atoms with Crippen molar-refractivity contribution in [2.75, 3.05) is 29.1 Å². The normalized spacial score (nSPS) is 28.5. The number of nitrogens with zero attached hydrogens (tertiary/aromatic N) is 5. The molecule has 2 aliphatic heterocycles. The van der Waals surface area contributed by atoms with E-state index in [1.54, 1.807) is 12.4 Å². The van der Waals surface area contributed by atoms with Gasteiger partial charge in [-0.1, -0.05) is 12.1 Å². The summed E-state index contributed by atoms with van der Waals surface area (Å²) in [6.07, 6.45) is 8.04. The highest BCUT2D eigenvalue weighted by atomic mass is 32.2. The van der Waals surface area contributed by atoms with Gasteiger partial charge in [-0.15, -0.1) is 0 Å². The van der Waals surface area contributed by atoms with E-state index in [9.17, 15) is 9.66 Å². The predicted molar refractivity (Wildman–Crippen MR) is 129 cm³/mol. The van der Waals surface area contributed by atoms with Gasteiger partial charge in [-0.05, 0) is 60.1 Å². The number of aromatic nitrogens is 4. The molecule has 9 heteroatoms. The Morgan fingerprint density at radius 1 is 1.09 bits per heavy atom. The van der Waals surface area contributed by atoms with Gasteiger partial charge < -0.3 is 19.9 Å². The zero-order chi connectivity index (χ0) is 22.9. The van der Waals surface area contributed by atoms with E-state index in [1.807, 2.05) is 6.07 Å². The predicted octanol–water partition coefficient (Wildman–Crippen LogP) is 2.49. The fourth-order valence-electron chi connectivity index (χ4n) is 6.27. The SMILES string of the molecule is [O-][S@+]1CCc2nc(N3CCc4cc(-c5ncccn5)ccc4C3)nc(NC34CC(CO)(C3)C4)c21. The lowest BCUT2D eigenvalue weighted by atomic mass is 9.39. The second kappa shape index (κ2) is 7.37. The number of benzene rings is 1. The topological polar surface area (TPSA) is 110 Å². The van der Waals surface area contributed by atoms with Crippen molar-refractivity contribution in [3.63, 3.8) is 0 Å². The van der Waals surface area contributed by atoms with Crippen LogP contribution in [0.3, 0.4) is 0 Å². The van der Waals surface area contributed by atoms with Crippen molar-refractivity contribution in [1.82, 2.24) is 19.9 Å². The second-order valence-electron chi connectivity index (χ2n) is 10.3. The Labute approximate surface area is 201 Å². The van der Waals surface area contributed by atoms with Crippen LogP contribution in [0.5, 0.6) is 0 Å². The van der Waals surface area contributed by atoms with E-state index in [4.69, 9.17) is 9.97 Å². The molecule has 1 atom stereocenters. The lowest BCUT2D eigenvalue weighted by Crippen LogP contribution is -2.72. The lowest BCUT2D eigenvalue weighted by Gasteiger charge is -2.70. The van der Waals surface area contributed by atoms with Crippen molar-refractivity contribution in [3.05, 3.63) is 53.5 Å². The van der Waals surface area contributed by atoms with Crippen LogP contribution in [0.15, 0.2) is 41.6 Å². The third-order valence-corrected chi connectivity index (χ3v) is 9.32. The Morgan fingerprint density at radius 2 is 1.91 bits per heavy atom. The van der Waals surface area contributed by atoms with Crippen molar-refractivity contribution < 1.29 is 9.66 Å². The Hall–Kier alpha value is -2.75. The zero-order valence-electron chi connectivity index (χ0n) is 18.8. The van der Waals surface area contributed by atoms with Crippen LogP contribution in [-0.4, -0.2) is 54.0 Å². The standard InChI is InChI=1S/C25H26N6O2S/c32-15-24-12-25(13-24,14-24)30-22-20-19(5-9-34(20)33)28-23(29-22)31-8-4-16-10-17(2-3-18(16)11-31)21-26-6-1-7-27-21/h1-3,6-7,10,32H,4-5,8-9,11-15H2,(H,28,29,30)/t24?,25?,34-/m1/s1. The molecule has 2 bridgehead atoms. The molecule has 174 valence electrons. The van der Waals surface area contributed by atoms with Gasteiger partial charge in [-0.25, -0.2) is 15.0 Å². The lowest BCUT2D eigenvalue weighted by molar-refractivity contribution is -0.146. The smallest absolute Gasteiger partial charge is 0.228 e. The van der Waals surface area contributed by atoms with E-state index in [0.29, 0.717) is 11.7 Å². The van der Waals surface area contributed by atoms with Gasteiger partial charge in [0.15, 0.2) is 11.6 Å². The maximum Gasteiger partial charge on any atom is 0.228 e. The summed E-state index contributed by atoms with van der Waals surface area (Å²) in [6, 6.07) is 8.26. The van der Waals surface area contributed by atoms with Crippen LogP contribution in [0.4, 0.5) is 11.8 Å². The van der Waals surface area contributed by atoms with Crippen LogP contribution in [0, 0.1) is 5.41 Å². The van der Waals surface area contributed by atoms with Crippen LogP contribution >= 0.6 is 0 Å². The minimum absolute atomic E-state index is 0.000673. The Morgan fingerprint density at radius 3 is 2.71 bits per heavy atom. The van der Waals surface area contributed by atoms with Gasteiger partial charge in [0.2, 0.25) is 10.8 Å². The monoisotopic (exact) mass is 474 g/mol. The fraction of sp³-hybridized carbons (Fsp3) is 0.440. The van der Waals surface area contributed by atoms with Crippen molar-refractivity contribution in [2.24, 2.45) is 5.41 Å². The summed E-state index contributed by atoms with van der Waals surface area (Å²) in [6.45, 7) is 1.82. The van der Waals surface area contributed by atoms with Gasteiger partial charge in [0.05, 0.1) is 0 Å². The number of fused-ring (bicyclic) bond motifs is 2. The quantitative estimate of drug-likeness (QED) is 0.543. The van der Waals surface area contributed by atoms with Gasteiger partial charge in [-0.3, -0.25) is 0 Å². The number of aliphatic hydroxyl groups excluding tert-OH is 1. The maximum absolute atomic E-state index is 12.7. The number of hydrogen-bond donors (Lipinski definition) is 2. The molecule has 0 unspecified atom stereocenters. The molecular weight excluding hydrogens is 448 g/mol. The summed E-state index contributed by atoms with van der Waals surface area (Å²) in [4.78, 5) is 21.6. The van der Waals surface area contributed by atoms with Crippen molar-refractivity contribution >= 4 is 22.9 Å². The summed E-state index contributed by atoms with van der Waals surface area (Å²) >= 11 is -1.05. The van der Waals surface area contributed by atoms with E-state index in [-0.39, 0.29) is 17.6 Å². The van der Waals surface area contributed by atoms with Crippen molar-refractivity contribution in [1.29, 1.82) is 0 Å². The van der Waals surface area contributed by atoms with Crippen molar-refractivity contribution in [3.8, 4) is 11.4 Å². The molecule has 0 amide bonds. The maximum atomic E-state index is 12.7. The van der Waals surface area contributed by atoms with Gasteiger partial charge in [0, 0.05) is 55.0 Å². The number of hydrogen-bond acceptors (Lipinski definition) is 8. The number of aliphatic hydroxyl groups is 1. The van der Waals surface area contributed by atoms with E-state index in [2.05, 4.69) is 38.4 Å². The third-order valence-electron chi connectivity index (χ3n) is 7.86. The molecule has 3 aliphatic carbocycles. The second-order valence-corrected chi connectivity index (χ2v) is 11.8. The Balaban J connectivity index is 1.16. The highest BCUT2D eigenvalue weighted by Crippen LogP contribution is 2.68. The molecule has 8 nitrogen and oxygen atoms in total. The fourth-order valence-corrected chi connectivity index (χ4v) is 7.58. The summed E-state index contributed by atoms with van der Waals surface area (Å²) in [7, 11) is 0. The van der Waals surface area contributed by atoms with Crippen LogP contribution in [-0.2, 0) is 30.6 Å². The average Bonchev–Trinajstić information content (AvgIpc) is 3.21. The zero-order valence-corrected chi connectivity index (χ0v) is 19.6. The van der Waals surface area contributed by atoms with Crippen LogP contribution in [0.1, 0.15) is 36.1 Å². The Kier molecular flexibility index (Phi) is 4.47. The van der Waals surface area contributed by atoms with Gasteiger partial charge in [-0.2, -0.15) is 4.98 Å². The largest absolute Gasteiger partial charge is 0.611 e. The molecule has 0 saturated heterocycles. The van der Waals surface area contributed by atoms with Crippen LogP contribution < -0.4 is 10.2 Å². The minimum atomic E-state index is -1.05. The summed E-state index contributed by atoms with van der Waals surface area (Å²) in [5.41, 5.74) is 4.62. The average molecular weight is 475 g/mol. The molecule has 8 rings (SSSR count). The van der Waals surface area contributed by atoms with E-state index in [0.717, 1.165) is 73.0 Å². The molecule has 1 aromatic carbocycles. The number of aryl methyl sites for hydroxylation is 1. The first-order chi connectivity index (χ1) is 16.6. The molecular formula is C25H26N6O2S. The molecule has 3 aromatic rings. The Bertz CT molecular complexity index is 1270. The van der Waals surface area contributed by atoms with E-state index in [1.165, 1.54) is 11.1 Å². The first kappa shape index (κ1) is 20.6. The first-order valence-electron chi connectivity index (χ1n) is 11.9. The third kappa shape index (κ3) is 3.14. The summed E-state index contributed by atoms with van der Waals surface area (Å²) in [5.74, 6) is 2.81.